The second-order valence-corrected chi connectivity index (χ2v) is 6.95. The molecule has 0 aliphatic carbocycles. The van der Waals surface area contributed by atoms with Crippen molar-refractivity contribution in [2.24, 2.45) is 0 Å². The van der Waals surface area contributed by atoms with E-state index in [0.717, 1.165) is 25.0 Å². The Morgan fingerprint density at radius 1 is 1.43 bits per heavy atom. The summed E-state index contributed by atoms with van der Waals surface area (Å²) in [7, 11) is 0. The number of rotatable bonds is 4. The molecule has 0 spiro atoms. The topological polar surface area (TPSA) is 72.7 Å². The maximum atomic E-state index is 12.5. The minimum absolute atomic E-state index is 0.0214. The second kappa shape index (κ2) is 6.77. The van der Waals surface area contributed by atoms with E-state index in [1.807, 2.05) is 0 Å². The Bertz CT molecular complexity index is 681. The largest absolute Gasteiger partial charge is 0.376 e. The molecule has 0 N–H and O–H groups in total. The molecule has 120 valence electrons. The van der Waals surface area contributed by atoms with Gasteiger partial charge in [-0.05, 0) is 36.6 Å². The molecule has 0 aromatic heterocycles. The van der Waals surface area contributed by atoms with Crippen LogP contribution in [0.2, 0.25) is 0 Å². The predicted molar refractivity (Wildman–Crippen MR) is 91.9 cm³/mol. The van der Waals surface area contributed by atoms with Crippen LogP contribution >= 0.6 is 24.0 Å². The van der Waals surface area contributed by atoms with Gasteiger partial charge in [-0.15, -0.1) is 0 Å². The van der Waals surface area contributed by atoms with Crippen LogP contribution < -0.4 is 0 Å². The van der Waals surface area contributed by atoms with E-state index in [9.17, 15) is 14.9 Å². The summed E-state index contributed by atoms with van der Waals surface area (Å²) < 4.78 is 6.08. The molecule has 1 amide bonds. The molecule has 0 unspecified atom stereocenters. The van der Waals surface area contributed by atoms with Crippen LogP contribution in [0.1, 0.15) is 18.4 Å². The van der Waals surface area contributed by atoms with Gasteiger partial charge in [-0.1, -0.05) is 24.0 Å². The summed E-state index contributed by atoms with van der Waals surface area (Å²) >= 11 is 6.53. The van der Waals surface area contributed by atoms with Gasteiger partial charge in [0, 0.05) is 18.7 Å². The predicted octanol–water partition coefficient (Wildman–Crippen LogP) is 2.98. The summed E-state index contributed by atoms with van der Waals surface area (Å²) in [5.41, 5.74) is 0.751. The van der Waals surface area contributed by atoms with E-state index in [0.29, 0.717) is 15.8 Å². The third-order valence-electron chi connectivity index (χ3n) is 3.69. The van der Waals surface area contributed by atoms with Gasteiger partial charge in [0.25, 0.3) is 11.6 Å². The molecule has 1 aromatic carbocycles. The Balaban J connectivity index is 1.73. The highest BCUT2D eigenvalue weighted by Crippen LogP contribution is 2.33. The van der Waals surface area contributed by atoms with Crippen molar-refractivity contribution >= 4 is 46.0 Å². The molecule has 2 fully saturated rings. The Kier molecular flexibility index (Phi) is 4.74. The van der Waals surface area contributed by atoms with E-state index < -0.39 is 4.92 Å². The highest BCUT2D eigenvalue weighted by Gasteiger charge is 2.34. The minimum Gasteiger partial charge on any atom is -0.376 e. The number of nitro benzene ring substituents is 1. The van der Waals surface area contributed by atoms with Gasteiger partial charge < -0.3 is 4.74 Å². The van der Waals surface area contributed by atoms with Gasteiger partial charge in [0.15, 0.2) is 0 Å². The van der Waals surface area contributed by atoms with Gasteiger partial charge in [-0.2, -0.15) is 0 Å². The molecule has 1 atom stereocenters. The molecular formula is C15H14N2O4S2. The van der Waals surface area contributed by atoms with E-state index >= 15 is 0 Å². The number of thioether (sulfide) groups is 1. The molecule has 3 rings (SSSR count). The van der Waals surface area contributed by atoms with Gasteiger partial charge in [0.05, 0.1) is 22.5 Å². The fourth-order valence-electron chi connectivity index (χ4n) is 2.49. The fourth-order valence-corrected chi connectivity index (χ4v) is 3.77. The average Bonchev–Trinajstić information content (AvgIpc) is 3.12. The Morgan fingerprint density at radius 3 is 2.78 bits per heavy atom. The molecule has 23 heavy (non-hydrogen) atoms. The molecular weight excluding hydrogens is 336 g/mol. The zero-order valence-electron chi connectivity index (χ0n) is 12.1. The maximum Gasteiger partial charge on any atom is 0.269 e. The van der Waals surface area contributed by atoms with Crippen LogP contribution in [0, 0.1) is 10.1 Å². The van der Waals surface area contributed by atoms with Crippen molar-refractivity contribution in [3.05, 3.63) is 44.8 Å². The number of carbonyl (C=O) groups excluding carboxylic acids is 1. The summed E-state index contributed by atoms with van der Waals surface area (Å²) in [6, 6.07) is 6.06. The van der Waals surface area contributed by atoms with Crippen LogP contribution in [0.15, 0.2) is 29.2 Å². The first kappa shape index (κ1) is 16.1. The monoisotopic (exact) mass is 350 g/mol. The van der Waals surface area contributed by atoms with E-state index in [2.05, 4.69) is 0 Å². The first-order valence-electron chi connectivity index (χ1n) is 7.16. The number of thiocarbonyl (C=S) groups is 1. The molecule has 6 nitrogen and oxygen atoms in total. The molecule has 0 saturated carbocycles. The lowest BCUT2D eigenvalue weighted by molar-refractivity contribution is -0.384. The Morgan fingerprint density at radius 2 is 2.17 bits per heavy atom. The normalized spacial score (nSPS) is 23.0. The van der Waals surface area contributed by atoms with Gasteiger partial charge in [-0.25, -0.2) is 0 Å². The fraction of sp³-hybridized carbons (Fsp3) is 0.333. The van der Waals surface area contributed by atoms with Gasteiger partial charge in [-0.3, -0.25) is 19.8 Å². The number of non-ortho nitro benzene ring substituents is 1. The van der Waals surface area contributed by atoms with Crippen LogP contribution in [0.25, 0.3) is 6.08 Å². The lowest BCUT2D eigenvalue weighted by Gasteiger charge is -2.18. The number of hydrogen-bond acceptors (Lipinski definition) is 6. The number of hydrogen-bond donors (Lipinski definition) is 0. The van der Waals surface area contributed by atoms with Gasteiger partial charge in [0.2, 0.25) is 0 Å². The van der Waals surface area contributed by atoms with Crippen LogP contribution in [-0.2, 0) is 9.53 Å². The quantitative estimate of drug-likeness (QED) is 0.360. The van der Waals surface area contributed by atoms with Crippen LogP contribution in [-0.4, -0.2) is 39.3 Å². The van der Waals surface area contributed by atoms with Crippen molar-refractivity contribution in [1.29, 1.82) is 0 Å². The summed E-state index contributed by atoms with van der Waals surface area (Å²) in [4.78, 5) is 24.8. The van der Waals surface area contributed by atoms with Crippen molar-refractivity contribution in [3.63, 3.8) is 0 Å². The molecule has 0 radical (unpaired) electrons. The smallest absolute Gasteiger partial charge is 0.269 e. The lowest BCUT2D eigenvalue weighted by Crippen LogP contribution is -2.35. The zero-order valence-corrected chi connectivity index (χ0v) is 13.8. The second-order valence-electron chi connectivity index (χ2n) is 5.28. The number of carbonyl (C=O) groups is 1. The number of ether oxygens (including phenoxy) is 1. The summed E-state index contributed by atoms with van der Waals surface area (Å²) in [6.45, 7) is 1.22. The number of nitro groups is 1. The molecule has 1 aromatic rings. The zero-order chi connectivity index (χ0) is 16.4. The third kappa shape index (κ3) is 3.60. The first-order chi connectivity index (χ1) is 11.0. The van der Waals surface area contributed by atoms with Gasteiger partial charge >= 0.3 is 0 Å². The van der Waals surface area contributed by atoms with Crippen molar-refractivity contribution in [3.8, 4) is 0 Å². The van der Waals surface area contributed by atoms with E-state index in [-0.39, 0.29) is 17.7 Å². The maximum absolute atomic E-state index is 12.5. The molecule has 2 aliphatic heterocycles. The Hall–Kier alpha value is -1.77. The summed E-state index contributed by atoms with van der Waals surface area (Å²) in [6.07, 6.45) is 3.71. The van der Waals surface area contributed by atoms with Crippen molar-refractivity contribution in [2.45, 2.75) is 18.9 Å². The van der Waals surface area contributed by atoms with Crippen LogP contribution in [0.4, 0.5) is 5.69 Å². The molecule has 0 bridgehead atoms. The van der Waals surface area contributed by atoms with Crippen LogP contribution in [0.3, 0.4) is 0 Å². The minimum atomic E-state index is -0.454. The number of nitrogens with zero attached hydrogens (tertiary/aromatic N) is 2. The van der Waals surface area contributed by atoms with Crippen LogP contribution in [0.5, 0.6) is 0 Å². The van der Waals surface area contributed by atoms with E-state index in [1.54, 1.807) is 23.1 Å². The SMILES string of the molecule is O=C1/C(=C/c2ccc([N+](=O)[O-])cc2)SC(=S)N1C[C@H]1CCCO1. The summed E-state index contributed by atoms with van der Waals surface area (Å²) in [5.74, 6) is -0.131. The lowest BCUT2D eigenvalue weighted by atomic mass is 10.2. The van der Waals surface area contributed by atoms with Gasteiger partial charge in [0.1, 0.15) is 4.32 Å². The molecule has 2 heterocycles. The number of amides is 1. The van der Waals surface area contributed by atoms with Crippen molar-refractivity contribution < 1.29 is 14.5 Å². The van der Waals surface area contributed by atoms with Crippen molar-refractivity contribution in [2.75, 3.05) is 13.2 Å². The molecule has 8 heteroatoms. The average molecular weight is 350 g/mol. The molecule has 2 aliphatic rings. The summed E-state index contributed by atoms with van der Waals surface area (Å²) in [5, 5.41) is 10.7. The highest BCUT2D eigenvalue weighted by atomic mass is 32.2. The molecule has 2 saturated heterocycles. The highest BCUT2D eigenvalue weighted by molar-refractivity contribution is 8.26. The third-order valence-corrected chi connectivity index (χ3v) is 5.06. The van der Waals surface area contributed by atoms with E-state index in [4.69, 9.17) is 17.0 Å². The Labute approximate surface area is 142 Å². The van der Waals surface area contributed by atoms with Crippen molar-refractivity contribution in [1.82, 2.24) is 4.90 Å². The standard InChI is InChI=1S/C15H14N2O4S2/c18-14-13(8-10-3-5-11(6-4-10)17(19)20)23-15(22)16(14)9-12-2-1-7-21-12/h3-6,8,12H,1-2,7,9H2/b13-8-/t12-/m1/s1. The van der Waals surface area contributed by atoms with E-state index in [1.165, 1.54) is 23.9 Å². The first-order valence-corrected chi connectivity index (χ1v) is 8.38. The number of benzene rings is 1.